The summed E-state index contributed by atoms with van der Waals surface area (Å²) < 4.78 is 5.32. The molecule has 6 nitrogen and oxygen atoms in total. The standard InChI is InChI=1S/C14H22N4O2/c1-10-9-11(18-5-7-20-8-6-18)16-17-12(10)15-13(19)14(2,3)4/h9H,5-8H2,1-4H3,(H,15,17,19). The Bertz CT molecular complexity index is 490. The lowest BCUT2D eigenvalue weighted by molar-refractivity contribution is -0.123. The summed E-state index contributed by atoms with van der Waals surface area (Å²) in [4.78, 5) is 14.1. The molecule has 2 heterocycles. The number of hydrogen-bond acceptors (Lipinski definition) is 5. The summed E-state index contributed by atoms with van der Waals surface area (Å²) >= 11 is 0. The van der Waals surface area contributed by atoms with Crippen molar-refractivity contribution in [3.63, 3.8) is 0 Å². The number of ether oxygens (including phenoxy) is 1. The maximum Gasteiger partial charge on any atom is 0.230 e. The van der Waals surface area contributed by atoms with Gasteiger partial charge >= 0.3 is 0 Å². The van der Waals surface area contributed by atoms with Crippen molar-refractivity contribution in [1.82, 2.24) is 10.2 Å². The van der Waals surface area contributed by atoms with Crippen LogP contribution in [-0.2, 0) is 9.53 Å². The predicted octanol–water partition coefficient (Wildman–Crippen LogP) is 1.61. The van der Waals surface area contributed by atoms with Crippen LogP contribution in [0.4, 0.5) is 11.6 Å². The summed E-state index contributed by atoms with van der Waals surface area (Å²) in [5, 5.41) is 11.2. The molecule has 6 heteroatoms. The summed E-state index contributed by atoms with van der Waals surface area (Å²) in [6, 6.07) is 1.95. The Balaban J connectivity index is 2.11. The highest BCUT2D eigenvalue weighted by Gasteiger charge is 2.23. The van der Waals surface area contributed by atoms with E-state index in [4.69, 9.17) is 4.74 Å². The minimum atomic E-state index is -0.447. The van der Waals surface area contributed by atoms with E-state index in [0.29, 0.717) is 19.0 Å². The zero-order chi connectivity index (χ0) is 14.8. The van der Waals surface area contributed by atoms with Crippen molar-refractivity contribution in [2.45, 2.75) is 27.7 Å². The lowest BCUT2D eigenvalue weighted by Crippen LogP contribution is -2.37. The molecule has 20 heavy (non-hydrogen) atoms. The van der Waals surface area contributed by atoms with Crippen molar-refractivity contribution in [3.8, 4) is 0 Å². The Morgan fingerprint density at radius 1 is 1.30 bits per heavy atom. The number of morpholine rings is 1. The fourth-order valence-corrected chi connectivity index (χ4v) is 1.84. The smallest absolute Gasteiger partial charge is 0.230 e. The second kappa shape index (κ2) is 5.75. The summed E-state index contributed by atoms with van der Waals surface area (Å²) in [6.45, 7) is 10.6. The van der Waals surface area contributed by atoms with E-state index < -0.39 is 5.41 Å². The number of aromatic nitrogens is 2. The maximum absolute atomic E-state index is 12.0. The number of carbonyl (C=O) groups excluding carboxylic acids is 1. The number of amides is 1. The topological polar surface area (TPSA) is 67.3 Å². The zero-order valence-electron chi connectivity index (χ0n) is 12.6. The number of hydrogen-bond donors (Lipinski definition) is 1. The predicted molar refractivity (Wildman–Crippen MR) is 77.9 cm³/mol. The highest BCUT2D eigenvalue weighted by Crippen LogP contribution is 2.21. The zero-order valence-corrected chi connectivity index (χ0v) is 12.6. The van der Waals surface area contributed by atoms with Crippen molar-refractivity contribution in [2.24, 2.45) is 5.41 Å². The van der Waals surface area contributed by atoms with Crippen molar-refractivity contribution < 1.29 is 9.53 Å². The van der Waals surface area contributed by atoms with Crippen LogP contribution in [0.15, 0.2) is 6.07 Å². The molecule has 1 aliphatic heterocycles. The van der Waals surface area contributed by atoms with E-state index in [0.717, 1.165) is 24.5 Å². The minimum absolute atomic E-state index is 0.0611. The molecule has 0 aromatic carbocycles. The molecule has 1 N–H and O–H groups in total. The second-order valence-electron chi connectivity index (χ2n) is 6.04. The van der Waals surface area contributed by atoms with Gasteiger partial charge in [-0.15, -0.1) is 10.2 Å². The molecule has 1 aliphatic rings. The van der Waals surface area contributed by atoms with E-state index in [2.05, 4.69) is 20.4 Å². The van der Waals surface area contributed by atoms with Crippen molar-refractivity contribution in [3.05, 3.63) is 11.6 Å². The third kappa shape index (κ3) is 3.45. The van der Waals surface area contributed by atoms with E-state index >= 15 is 0 Å². The number of nitrogens with one attached hydrogen (secondary N) is 1. The normalized spacial score (nSPS) is 16.1. The first-order valence-electron chi connectivity index (χ1n) is 6.86. The molecule has 0 aliphatic carbocycles. The Kier molecular flexibility index (Phi) is 4.23. The van der Waals surface area contributed by atoms with Crippen molar-refractivity contribution in [2.75, 3.05) is 36.5 Å². The summed E-state index contributed by atoms with van der Waals surface area (Å²) in [5.41, 5.74) is 0.468. The second-order valence-corrected chi connectivity index (χ2v) is 6.04. The molecule has 0 spiro atoms. The molecule has 0 unspecified atom stereocenters. The Hall–Kier alpha value is -1.69. The highest BCUT2D eigenvalue weighted by atomic mass is 16.5. The molecule has 0 atom stereocenters. The highest BCUT2D eigenvalue weighted by molar-refractivity contribution is 5.94. The first-order valence-corrected chi connectivity index (χ1v) is 6.86. The van der Waals surface area contributed by atoms with Gasteiger partial charge in [-0.05, 0) is 18.6 Å². The van der Waals surface area contributed by atoms with E-state index in [-0.39, 0.29) is 5.91 Å². The molecule has 1 fully saturated rings. The average molecular weight is 278 g/mol. The van der Waals surface area contributed by atoms with Gasteiger partial charge in [-0.25, -0.2) is 0 Å². The van der Waals surface area contributed by atoms with E-state index in [9.17, 15) is 4.79 Å². The van der Waals surface area contributed by atoms with Gasteiger partial charge in [-0.2, -0.15) is 0 Å². The van der Waals surface area contributed by atoms with Crippen LogP contribution in [-0.4, -0.2) is 42.4 Å². The van der Waals surface area contributed by atoms with Gasteiger partial charge in [0, 0.05) is 18.5 Å². The number of rotatable bonds is 2. The molecule has 0 bridgehead atoms. The van der Waals surface area contributed by atoms with Gasteiger partial charge in [0.25, 0.3) is 0 Å². The Labute approximate surface area is 119 Å². The largest absolute Gasteiger partial charge is 0.378 e. The summed E-state index contributed by atoms with van der Waals surface area (Å²) in [5.74, 6) is 1.30. The van der Waals surface area contributed by atoms with Crippen LogP contribution in [0.5, 0.6) is 0 Å². The van der Waals surface area contributed by atoms with Crippen LogP contribution in [0.3, 0.4) is 0 Å². The Morgan fingerprint density at radius 3 is 2.50 bits per heavy atom. The van der Waals surface area contributed by atoms with E-state index in [1.807, 2.05) is 33.8 Å². The number of aryl methyl sites for hydroxylation is 1. The van der Waals surface area contributed by atoms with Crippen LogP contribution in [0.25, 0.3) is 0 Å². The molecule has 2 rings (SSSR count). The van der Waals surface area contributed by atoms with Gasteiger partial charge < -0.3 is 15.0 Å². The van der Waals surface area contributed by atoms with Gasteiger partial charge in [-0.1, -0.05) is 20.8 Å². The Morgan fingerprint density at radius 2 is 1.95 bits per heavy atom. The fraction of sp³-hybridized carbons (Fsp3) is 0.643. The lowest BCUT2D eigenvalue weighted by Gasteiger charge is -2.27. The van der Waals surface area contributed by atoms with Crippen LogP contribution in [0, 0.1) is 12.3 Å². The summed E-state index contributed by atoms with van der Waals surface area (Å²) in [6.07, 6.45) is 0. The van der Waals surface area contributed by atoms with Crippen LogP contribution in [0.2, 0.25) is 0 Å². The number of nitrogens with zero attached hydrogens (tertiary/aromatic N) is 3. The molecule has 1 aromatic heterocycles. The number of anilines is 2. The quantitative estimate of drug-likeness (QED) is 0.890. The van der Waals surface area contributed by atoms with E-state index in [1.165, 1.54) is 0 Å². The number of carbonyl (C=O) groups is 1. The fourth-order valence-electron chi connectivity index (χ4n) is 1.84. The monoisotopic (exact) mass is 278 g/mol. The molecule has 1 amide bonds. The third-order valence-corrected chi connectivity index (χ3v) is 3.22. The molecule has 1 aromatic rings. The van der Waals surface area contributed by atoms with Gasteiger partial charge in [0.15, 0.2) is 11.6 Å². The molecule has 1 saturated heterocycles. The molecule has 0 radical (unpaired) electrons. The van der Waals surface area contributed by atoms with Crippen LogP contribution in [0.1, 0.15) is 26.3 Å². The first kappa shape index (κ1) is 14.7. The molecular weight excluding hydrogens is 256 g/mol. The lowest BCUT2D eigenvalue weighted by atomic mass is 9.96. The molecule has 0 saturated carbocycles. The molecular formula is C14H22N4O2. The third-order valence-electron chi connectivity index (χ3n) is 3.22. The molecule has 110 valence electrons. The van der Waals surface area contributed by atoms with Gasteiger partial charge in [0.1, 0.15) is 0 Å². The van der Waals surface area contributed by atoms with Gasteiger partial charge in [0.05, 0.1) is 13.2 Å². The van der Waals surface area contributed by atoms with Gasteiger partial charge in [-0.3, -0.25) is 4.79 Å². The van der Waals surface area contributed by atoms with Gasteiger partial charge in [0.2, 0.25) is 5.91 Å². The summed E-state index contributed by atoms with van der Waals surface area (Å²) in [7, 11) is 0. The van der Waals surface area contributed by atoms with E-state index in [1.54, 1.807) is 0 Å². The van der Waals surface area contributed by atoms with Crippen LogP contribution < -0.4 is 10.2 Å². The average Bonchev–Trinajstić information content (AvgIpc) is 2.41. The minimum Gasteiger partial charge on any atom is -0.378 e. The van der Waals surface area contributed by atoms with Crippen molar-refractivity contribution >= 4 is 17.5 Å². The van der Waals surface area contributed by atoms with Crippen LogP contribution >= 0.6 is 0 Å². The first-order chi connectivity index (χ1) is 9.38. The SMILES string of the molecule is Cc1cc(N2CCOCC2)nnc1NC(=O)C(C)(C)C. The maximum atomic E-state index is 12.0. The van der Waals surface area contributed by atoms with Crippen molar-refractivity contribution in [1.29, 1.82) is 0 Å².